The van der Waals surface area contributed by atoms with Crippen LogP contribution in [0, 0.1) is 0 Å². The van der Waals surface area contributed by atoms with Gasteiger partial charge in [-0.2, -0.15) is 0 Å². The first-order chi connectivity index (χ1) is 10.3. The van der Waals surface area contributed by atoms with Crippen molar-refractivity contribution >= 4 is 5.82 Å². The smallest absolute Gasteiger partial charge is 0.128 e. The first-order valence-corrected chi connectivity index (χ1v) is 7.65. The highest BCUT2D eigenvalue weighted by Gasteiger charge is 2.21. The van der Waals surface area contributed by atoms with Gasteiger partial charge in [0.2, 0.25) is 0 Å². The largest absolute Gasteiger partial charge is 0.357 e. The minimum Gasteiger partial charge on any atom is -0.357 e. The number of aromatic nitrogens is 2. The van der Waals surface area contributed by atoms with Gasteiger partial charge < -0.3 is 10.2 Å². The molecule has 0 aromatic carbocycles. The minimum absolute atomic E-state index is 0.352. The molecule has 0 spiro atoms. The Morgan fingerprint density at radius 3 is 2.67 bits per heavy atom. The van der Waals surface area contributed by atoms with Crippen LogP contribution in [0.4, 0.5) is 5.82 Å². The lowest BCUT2D eigenvalue weighted by atomic mass is 10.0. The summed E-state index contributed by atoms with van der Waals surface area (Å²) in [4.78, 5) is 11.0. The number of rotatable bonds is 4. The van der Waals surface area contributed by atoms with Gasteiger partial charge in [0.15, 0.2) is 0 Å². The lowest BCUT2D eigenvalue weighted by molar-refractivity contribution is 0.379. The molecule has 3 heterocycles. The SMILES string of the molecule is CC(NC1CCN(c2ccccn2)CC1)c1cccnc1. The zero-order valence-electron chi connectivity index (χ0n) is 12.4. The van der Waals surface area contributed by atoms with Gasteiger partial charge in [0, 0.05) is 43.8 Å². The fraction of sp³-hybridized carbons (Fsp3) is 0.412. The average Bonchev–Trinajstić information content (AvgIpc) is 2.57. The van der Waals surface area contributed by atoms with Crippen LogP contribution in [-0.4, -0.2) is 29.1 Å². The van der Waals surface area contributed by atoms with Crippen LogP contribution in [0.25, 0.3) is 0 Å². The van der Waals surface area contributed by atoms with Crippen LogP contribution in [-0.2, 0) is 0 Å². The minimum atomic E-state index is 0.352. The Kier molecular flexibility index (Phi) is 4.46. The average molecular weight is 282 g/mol. The number of nitrogens with zero attached hydrogens (tertiary/aromatic N) is 3. The fourth-order valence-electron chi connectivity index (χ4n) is 2.90. The van der Waals surface area contributed by atoms with E-state index in [0.717, 1.165) is 31.7 Å². The van der Waals surface area contributed by atoms with E-state index in [4.69, 9.17) is 0 Å². The maximum atomic E-state index is 4.43. The molecule has 1 atom stereocenters. The number of piperidine rings is 1. The molecule has 0 radical (unpaired) electrons. The van der Waals surface area contributed by atoms with Gasteiger partial charge in [0.1, 0.15) is 5.82 Å². The lowest BCUT2D eigenvalue weighted by Crippen LogP contribution is -2.43. The van der Waals surface area contributed by atoms with Crippen molar-refractivity contribution in [1.82, 2.24) is 15.3 Å². The normalized spacial score (nSPS) is 17.7. The standard InChI is InChI=1S/C17H22N4/c1-14(15-5-4-9-18-13-15)20-16-7-11-21(12-8-16)17-6-2-3-10-19-17/h2-6,9-10,13-14,16,20H,7-8,11-12H2,1H3. The third-order valence-corrected chi connectivity index (χ3v) is 4.14. The summed E-state index contributed by atoms with van der Waals surface area (Å²) >= 11 is 0. The summed E-state index contributed by atoms with van der Waals surface area (Å²) < 4.78 is 0. The van der Waals surface area contributed by atoms with Gasteiger partial charge in [-0.3, -0.25) is 4.98 Å². The first kappa shape index (κ1) is 14.0. The molecule has 4 nitrogen and oxygen atoms in total. The Balaban J connectivity index is 1.52. The molecule has 21 heavy (non-hydrogen) atoms. The second-order valence-electron chi connectivity index (χ2n) is 5.62. The molecule has 4 heteroatoms. The van der Waals surface area contributed by atoms with Gasteiger partial charge >= 0.3 is 0 Å². The predicted molar refractivity (Wildman–Crippen MR) is 85.3 cm³/mol. The van der Waals surface area contributed by atoms with Crippen LogP contribution >= 0.6 is 0 Å². The molecular formula is C17H22N4. The maximum Gasteiger partial charge on any atom is 0.128 e. The van der Waals surface area contributed by atoms with E-state index in [-0.39, 0.29) is 0 Å². The first-order valence-electron chi connectivity index (χ1n) is 7.65. The number of hydrogen-bond acceptors (Lipinski definition) is 4. The molecule has 2 aromatic rings. The highest BCUT2D eigenvalue weighted by molar-refractivity contribution is 5.38. The molecule has 1 saturated heterocycles. The molecule has 0 saturated carbocycles. The van der Waals surface area contributed by atoms with E-state index in [1.165, 1.54) is 5.56 Å². The Bertz CT molecular complexity index is 535. The van der Waals surface area contributed by atoms with Crippen LogP contribution in [0.3, 0.4) is 0 Å². The number of hydrogen-bond donors (Lipinski definition) is 1. The lowest BCUT2D eigenvalue weighted by Gasteiger charge is -2.34. The van der Waals surface area contributed by atoms with E-state index in [9.17, 15) is 0 Å². The topological polar surface area (TPSA) is 41.0 Å². The second-order valence-corrected chi connectivity index (χ2v) is 5.62. The summed E-state index contributed by atoms with van der Waals surface area (Å²) in [5, 5.41) is 3.72. The molecule has 0 bridgehead atoms. The highest BCUT2D eigenvalue weighted by atomic mass is 15.2. The maximum absolute atomic E-state index is 4.43. The second kappa shape index (κ2) is 6.68. The fourth-order valence-corrected chi connectivity index (χ4v) is 2.90. The quantitative estimate of drug-likeness (QED) is 0.936. The van der Waals surface area contributed by atoms with E-state index in [1.54, 1.807) is 0 Å². The van der Waals surface area contributed by atoms with E-state index < -0.39 is 0 Å². The van der Waals surface area contributed by atoms with Gasteiger partial charge in [0.05, 0.1) is 0 Å². The van der Waals surface area contributed by atoms with Crippen LogP contribution in [0.15, 0.2) is 48.9 Å². The van der Waals surface area contributed by atoms with E-state index in [2.05, 4.69) is 45.3 Å². The third kappa shape index (κ3) is 3.58. The molecule has 1 aliphatic rings. The van der Waals surface area contributed by atoms with Gasteiger partial charge in [-0.05, 0) is 43.5 Å². The van der Waals surface area contributed by atoms with E-state index >= 15 is 0 Å². The van der Waals surface area contributed by atoms with Crippen molar-refractivity contribution in [2.24, 2.45) is 0 Å². The molecule has 2 aromatic heterocycles. The molecule has 1 aliphatic heterocycles. The van der Waals surface area contributed by atoms with E-state index in [1.807, 2.05) is 30.7 Å². The van der Waals surface area contributed by atoms with Gasteiger partial charge in [-0.15, -0.1) is 0 Å². The molecule has 0 aliphatic carbocycles. The highest BCUT2D eigenvalue weighted by Crippen LogP contribution is 2.20. The van der Waals surface area contributed by atoms with Crippen molar-refractivity contribution in [3.8, 4) is 0 Å². The van der Waals surface area contributed by atoms with Crippen LogP contribution in [0.5, 0.6) is 0 Å². The van der Waals surface area contributed by atoms with Gasteiger partial charge in [0.25, 0.3) is 0 Å². The third-order valence-electron chi connectivity index (χ3n) is 4.14. The molecular weight excluding hydrogens is 260 g/mol. The summed E-state index contributed by atoms with van der Waals surface area (Å²) in [5.74, 6) is 1.09. The van der Waals surface area contributed by atoms with Crippen molar-refractivity contribution in [2.45, 2.75) is 31.8 Å². The molecule has 0 amide bonds. The number of anilines is 1. The summed E-state index contributed by atoms with van der Waals surface area (Å²) in [6.45, 7) is 4.34. The van der Waals surface area contributed by atoms with E-state index in [0.29, 0.717) is 12.1 Å². The molecule has 1 N–H and O–H groups in total. The molecule has 1 fully saturated rings. The van der Waals surface area contributed by atoms with Crippen molar-refractivity contribution < 1.29 is 0 Å². The Morgan fingerprint density at radius 1 is 1.14 bits per heavy atom. The predicted octanol–water partition coefficient (Wildman–Crippen LogP) is 2.80. The van der Waals surface area contributed by atoms with Crippen LogP contribution < -0.4 is 10.2 Å². The Labute approximate surface area is 126 Å². The van der Waals surface area contributed by atoms with Crippen LogP contribution in [0.1, 0.15) is 31.4 Å². The molecule has 1 unspecified atom stereocenters. The van der Waals surface area contributed by atoms with Crippen LogP contribution in [0.2, 0.25) is 0 Å². The Morgan fingerprint density at radius 2 is 2.00 bits per heavy atom. The summed E-state index contributed by atoms with van der Waals surface area (Å²) in [7, 11) is 0. The van der Waals surface area contributed by atoms with Gasteiger partial charge in [-0.1, -0.05) is 12.1 Å². The summed E-state index contributed by atoms with van der Waals surface area (Å²) in [6, 6.07) is 11.2. The molecule has 110 valence electrons. The number of nitrogens with one attached hydrogen (secondary N) is 1. The monoisotopic (exact) mass is 282 g/mol. The van der Waals surface area contributed by atoms with Gasteiger partial charge in [-0.25, -0.2) is 4.98 Å². The van der Waals surface area contributed by atoms with Crippen molar-refractivity contribution in [3.63, 3.8) is 0 Å². The van der Waals surface area contributed by atoms with Crippen molar-refractivity contribution in [2.75, 3.05) is 18.0 Å². The zero-order chi connectivity index (χ0) is 14.5. The summed E-state index contributed by atoms with van der Waals surface area (Å²) in [5.41, 5.74) is 1.25. The Hall–Kier alpha value is -1.94. The molecule has 3 rings (SSSR count). The van der Waals surface area contributed by atoms with Crippen molar-refractivity contribution in [3.05, 3.63) is 54.5 Å². The summed E-state index contributed by atoms with van der Waals surface area (Å²) in [6.07, 6.45) is 7.94. The van der Waals surface area contributed by atoms with Crippen molar-refractivity contribution in [1.29, 1.82) is 0 Å². The number of pyridine rings is 2. The zero-order valence-corrected chi connectivity index (χ0v) is 12.4.